The third-order valence-corrected chi connectivity index (χ3v) is 4.08. The molecule has 0 aromatic carbocycles. The van der Waals surface area contributed by atoms with E-state index in [9.17, 15) is 9.59 Å². The zero-order valence-electron chi connectivity index (χ0n) is 14.4. The molecule has 5 nitrogen and oxygen atoms in total. The van der Waals surface area contributed by atoms with Crippen LogP contribution in [0.15, 0.2) is 0 Å². The van der Waals surface area contributed by atoms with Crippen molar-refractivity contribution >= 4 is 11.8 Å². The van der Waals surface area contributed by atoms with Gasteiger partial charge in [0, 0.05) is 44.7 Å². The Hall–Kier alpha value is -1.10. The molecule has 1 heterocycles. The van der Waals surface area contributed by atoms with Gasteiger partial charge in [-0.1, -0.05) is 27.2 Å². The van der Waals surface area contributed by atoms with Crippen molar-refractivity contribution in [2.45, 2.75) is 52.9 Å². The first-order valence-electron chi connectivity index (χ1n) is 8.70. The summed E-state index contributed by atoms with van der Waals surface area (Å²) in [6, 6.07) is 0. The molecule has 0 atom stereocenters. The summed E-state index contributed by atoms with van der Waals surface area (Å²) in [5, 5.41) is 2.99. The highest BCUT2D eigenvalue weighted by atomic mass is 16.5. The second-order valence-electron chi connectivity index (χ2n) is 6.36. The van der Waals surface area contributed by atoms with E-state index in [0.29, 0.717) is 26.2 Å². The van der Waals surface area contributed by atoms with Crippen molar-refractivity contribution in [3.63, 3.8) is 0 Å². The van der Waals surface area contributed by atoms with Gasteiger partial charge >= 0.3 is 0 Å². The summed E-state index contributed by atoms with van der Waals surface area (Å²) in [6.45, 7) is 9.59. The first-order valence-corrected chi connectivity index (χ1v) is 8.70. The Morgan fingerprint density at radius 2 is 1.82 bits per heavy atom. The summed E-state index contributed by atoms with van der Waals surface area (Å²) < 4.78 is 5.47. The standard InChI is InChI=1S/C17H32N2O3/c1-4-5-12-22-13-6-9-18-16(20)15-7-10-19(11-8-15)17(21)14(2)3/h14-15H,4-13H2,1-3H3,(H,18,20). The maximum Gasteiger partial charge on any atom is 0.225 e. The molecule has 0 spiro atoms. The summed E-state index contributed by atoms with van der Waals surface area (Å²) in [5.41, 5.74) is 0. The van der Waals surface area contributed by atoms with Crippen LogP contribution in [0.2, 0.25) is 0 Å². The van der Waals surface area contributed by atoms with E-state index in [1.165, 1.54) is 0 Å². The van der Waals surface area contributed by atoms with Crippen LogP contribution in [0, 0.1) is 11.8 Å². The Balaban J connectivity index is 2.11. The number of carbonyl (C=O) groups excluding carboxylic acids is 2. The molecule has 0 radical (unpaired) electrons. The summed E-state index contributed by atoms with van der Waals surface area (Å²) in [5.74, 6) is 0.420. The Labute approximate surface area is 134 Å². The van der Waals surface area contributed by atoms with Gasteiger partial charge in [-0.3, -0.25) is 9.59 Å². The molecule has 2 amide bonds. The number of likely N-dealkylation sites (tertiary alicyclic amines) is 1. The lowest BCUT2D eigenvalue weighted by Gasteiger charge is -2.32. The molecule has 0 saturated carbocycles. The molecule has 0 aromatic rings. The third kappa shape index (κ3) is 6.77. The van der Waals surface area contributed by atoms with Crippen LogP contribution < -0.4 is 5.32 Å². The number of unbranched alkanes of at least 4 members (excludes halogenated alkanes) is 1. The lowest BCUT2D eigenvalue weighted by molar-refractivity contribution is -0.138. The van der Waals surface area contributed by atoms with Crippen molar-refractivity contribution in [3.05, 3.63) is 0 Å². The Bertz CT molecular complexity index is 337. The van der Waals surface area contributed by atoms with Crippen LogP contribution in [0.4, 0.5) is 0 Å². The van der Waals surface area contributed by atoms with E-state index in [2.05, 4.69) is 12.2 Å². The molecule has 0 aliphatic carbocycles. The van der Waals surface area contributed by atoms with Crippen molar-refractivity contribution in [1.29, 1.82) is 0 Å². The molecule has 128 valence electrons. The van der Waals surface area contributed by atoms with E-state index >= 15 is 0 Å². The van der Waals surface area contributed by atoms with Crippen LogP contribution in [-0.4, -0.2) is 49.6 Å². The average molecular weight is 312 g/mol. The van der Waals surface area contributed by atoms with Gasteiger partial charge in [-0.05, 0) is 25.7 Å². The molecule has 0 bridgehead atoms. The summed E-state index contributed by atoms with van der Waals surface area (Å²) in [4.78, 5) is 25.9. The fraction of sp³-hybridized carbons (Fsp3) is 0.882. The first kappa shape index (κ1) is 18.9. The monoisotopic (exact) mass is 312 g/mol. The number of nitrogens with zero attached hydrogens (tertiary/aromatic N) is 1. The van der Waals surface area contributed by atoms with Gasteiger partial charge in [0.25, 0.3) is 0 Å². The maximum atomic E-state index is 12.1. The van der Waals surface area contributed by atoms with Crippen molar-refractivity contribution in [1.82, 2.24) is 10.2 Å². The number of amides is 2. The molecule has 5 heteroatoms. The van der Waals surface area contributed by atoms with Gasteiger partial charge in [-0.25, -0.2) is 0 Å². The van der Waals surface area contributed by atoms with Crippen LogP contribution in [-0.2, 0) is 14.3 Å². The maximum absolute atomic E-state index is 12.1. The van der Waals surface area contributed by atoms with Crippen LogP contribution in [0.3, 0.4) is 0 Å². The highest BCUT2D eigenvalue weighted by Gasteiger charge is 2.27. The predicted molar refractivity (Wildman–Crippen MR) is 87.5 cm³/mol. The highest BCUT2D eigenvalue weighted by Crippen LogP contribution is 2.18. The molecule has 0 unspecified atom stereocenters. The Kier molecular flexibility index (Phi) is 9.13. The average Bonchev–Trinajstić information content (AvgIpc) is 2.53. The van der Waals surface area contributed by atoms with E-state index < -0.39 is 0 Å². The van der Waals surface area contributed by atoms with Gasteiger partial charge in [0.2, 0.25) is 11.8 Å². The van der Waals surface area contributed by atoms with Gasteiger partial charge in [0.05, 0.1) is 0 Å². The number of carbonyl (C=O) groups is 2. The first-order chi connectivity index (χ1) is 10.6. The number of rotatable bonds is 9. The van der Waals surface area contributed by atoms with E-state index in [0.717, 1.165) is 38.7 Å². The van der Waals surface area contributed by atoms with Gasteiger partial charge in [-0.15, -0.1) is 0 Å². The smallest absolute Gasteiger partial charge is 0.225 e. The topological polar surface area (TPSA) is 58.6 Å². The zero-order valence-corrected chi connectivity index (χ0v) is 14.4. The summed E-state index contributed by atoms with van der Waals surface area (Å²) >= 11 is 0. The quantitative estimate of drug-likeness (QED) is 0.664. The third-order valence-electron chi connectivity index (χ3n) is 4.08. The molecular weight excluding hydrogens is 280 g/mol. The lowest BCUT2D eigenvalue weighted by Crippen LogP contribution is -2.44. The lowest BCUT2D eigenvalue weighted by atomic mass is 9.95. The fourth-order valence-electron chi connectivity index (χ4n) is 2.61. The minimum Gasteiger partial charge on any atom is -0.381 e. The molecule has 0 aromatic heterocycles. The Morgan fingerprint density at radius 3 is 2.41 bits per heavy atom. The number of hydrogen-bond donors (Lipinski definition) is 1. The number of piperidine rings is 1. The second kappa shape index (κ2) is 10.6. The number of ether oxygens (including phenoxy) is 1. The van der Waals surface area contributed by atoms with Crippen LogP contribution in [0.1, 0.15) is 52.9 Å². The largest absolute Gasteiger partial charge is 0.381 e. The molecule has 1 saturated heterocycles. The van der Waals surface area contributed by atoms with Crippen molar-refractivity contribution in [3.8, 4) is 0 Å². The minimum atomic E-state index is 0.0399. The van der Waals surface area contributed by atoms with Crippen LogP contribution >= 0.6 is 0 Å². The van der Waals surface area contributed by atoms with Crippen molar-refractivity contribution < 1.29 is 14.3 Å². The van der Waals surface area contributed by atoms with Gasteiger partial charge in [0.1, 0.15) is 0 Å². The molecule has 1 N–H and O–H groups in total. The van der Waals surface area contributed by atoms with E-state index in [1.807, 2.05) is 18.7 Å². The van der Waals surface area contributed by atoms with Crippen LogP contribution in [0.25, 0.3) is 0 Å². The van der Waals surface area contributed by atoms with E-state index in [1.54, 1.807) is 0 Å². The number of nitrogens with one attached hydrogen (secondary N) is 1. The zero-order chi connectivity index (χ0) is 16.4. The summed E-state index contributed by atoms with van der Waals surface area (Å²) in [7, 11) is 0. The van der Waals surface area contributed by atoms with Crippen molar-refractivity contribution in [2.24, 2.45) is 11.8 Å². The van der Waals surface area contributed by atoms with Gasteiger partial charge < -0.3 is 15.0 Å². The molecule has 1 aliphatic rings. The Morgan fingerprint density at radius 1 is 1.18 bits per heavy atom. The second-order valence-corrected chi connectivity index (χ2v) is 6.36. The highest BCUT2D eigenvalue weighted by molar-refractivity contribution is 5.80. The molecular formula is C17H32N2O3. The van der Waals surface area contributed by atoms with Crippen molar-refractivity contribution in [2.75, 3.05) is 32.8 Å². The van der Waals surface area contributed by atoms with E-state index in [-0.39, 0.29) is 23.7 Å². The molecule has 1 fully saturated rings. The van der Waals surface area contributed by atoms with Gasteiger partial charge in [-0.2, -0.15) is 0 Å². The van der Waals surface area contributed by atoms with Crippen LogP contribution in [0.5, 0.6) is 0 Å². The van der Waals surface area contributed by atoms with Gasteiger partial charge in [0.15, 0.2) is 0 Å². The molecule has 1 aliphatic heterocycles. The summed E-state index contributed by atoms with van der Waals surface area (Å²) in [6.07, 6.45) is 4.66. The SMILES string of the molecule is CCCCOCCCNC(=O)C1CCN(C(=O)C(C)C)CC1. The molecule has 22 heavy (non-hydrogen) atoms. The van der Waals surface area contributed by atoms with E-state index in [4.69, 9.17) is 4.74 Å². The predicted octanol–water partition coefficient (Wildman–Crippen LogP) is 2.20. The fourth-order valence-corrected chi connectivity index (χ4v) is 2.61. The normalized spacial score (nSPS) is 16.1. The number of hydrogen-bond acceptors (Lipinski definition) is 3. The molecule has 1 rings (SSSR count). The minimum absolute atomic E-state index is 0.0399.